The third-order valence-corrected chi connectivity index (χ3v) is 5.90. The van der Waals surface area contributed by atoms with Gasteiger partial charge in [-0.1, -0.05) is 54.6 Å². The zero-order valence-corrected chi connectivity index (χ0v) is 15.5. The Morgan fingerprint density at radius 3 is 2.54 bits per heavy atom. The summed E-state index contributed by atoms with van der Waals surface area (Å²) in [4.78, 5) is 14.6. The third-order valence-electron chi connectivity index (χ3n) is 4.96. The van der Waals surface area contributed by atoms with E-state index >= 15 is 0 Å². The van der Waals surface area contributed by atoms with Crippen molar-refractivity contribution >= 4 is 27.4 Å². The minimum absolute atomic E-state index is 0.814. The molecule has 4 aromatic rings. The molecule has 5 rings (SSSR count). The fraction of sp³-hybridized carbons (Fsp3) is 0.182. The molecule has 2 aromatic heterocycles. The number of benzene rings is 2. The molecule has 0 amide bonds. The van der Waals surface area contributed by atoms with Gasteiger partial charge in [-0.3, -0.25) is 0 Å². The largest absolute Gasteiger partial charge is 0.351 e. The summed E-state index contributed by atoms with van der Waals surface area (Å²) in [6.45, 7) is 4.04. The van der Waals surface area contributed by atoms with Gasteiger partial charge in [0.2, 0.25) is 0 Å². The lowest BCUT2D eigenvalue weighted by molar-refractivity contribution is 0.724. The smallest absolute Gasteiger partial charge is 0.163 e. The Kier molecular flexibility index (Phi) is 3.71. The number of anilines is 1. The molecule has 0 saturated carbocycles. The van der Waals surface area contributed by atoms with Gasteiger partial charge in [0.1, 0.15) is 10.6 Å². The number of rotatable bonds is 2. The lowest BCUT2D eigenvalue weighted by Gasteiger charge is -2.30. The van der Waals surface area contributed by atoms with E-state index in [0.717, 1.165) is 41.5 Å². The molecule has 0 bridgehead atoms. The summed E-state index contributed by atoms with van der Waals surface area (Å²) in [6, 6.07) is 21.2. The monoisotopic (exact) mass is 357 g/mol. The maximum absolute atomic E-state index is 5.00. The summed E-state index contributed by atoms with van der Waals surface area (Å²) >= 11 is 1.75. The van der Waals surface area contributed by atoms with E-state index in [-0.39, 0.29) is 0 Å². The molecule has 0 atom stereocenters. The summed E-state index contributed by atoms with van der Waals surface area (Å²) < 4.78 is 0. The predicted octanol–water partition coefficient (Wildman–Crippen LogP) is 5.23. The van der Waals surface area contributed by atoms with Crippen LogP contribution in [0.4, 0.5) is 5.82 Å². The second kappa shape index (κ2) is 6.22. The highest BCUT2D eigenvalue weighted by atomic mass is 32.1. The predicted molar refractivity (Wildman–Crippen MR) is 109 cm³/mol. The van der Waals surface area contributed by atoms with Crippen LogP contribution in [0.1, 0.15) is 16.0 Å². The van der Waals surface area contributed by atoms with Crippen LogP contribution in [-0.4, -0.2) is 16.5 Å². The summed E-state index contributed by atoms with van der Waals surface area (Å²) in [5, 5.41) is 1.17. The van der Waals surface area contributed by atoms with Crippen LogP contribution in [-0.2, 0) is 13.0 Å². The second-order valence-electron chi connectivity index (χ2n) is 6.75. The Morgan fingerprint density at radius 2 is 1.69 bits per heavy atom. The van der Waals surface area contributed by atoms with Crippen LogP contribution in [0, 0.1) is 6.92 Å². The zero-order valence-electron chi connectivity index (χ0n) is 14.6. The molecule has 3 heterocycles. The Hall–Kier alpha value is -2.72. The maximum Gasteiger partial charge on any atom is 0.163 e. The van der Waals surface area contributed by atoms with Gasteiger partial charge >= 0.3 is 0 Å². The summed E-state index contributed by atoms with van der Waals surface area (Å²) in [5.74, 6) is 1.88. The normalized spacial score (nSPS) is 13.8. The Morgan fingerprint density at radius 1 is 0.923 bits per heavy atom. The van der Waals surface area contributed by atoms with Crippen LogP contribution in [0.15, 0.2) is 60.7 Å². The number of thiophene rings is 1. The van der Waals surface area contributed by atoms with E-state index in [2.05, 4.69) is 54.3 Å². The molecule has 0 saturated heterocycles. The Bertz CT molecular complexity index is 1090. The lowest BCUT2D eigenvalue weighted by Crippen LogP contribution is -2.31. The quantitative estimate of drug-likeness (QED) is 0.492. The molecule has 0 spiro atoms. The minimum Gasteiger partial charge on any atom is -0.351 e. The van der Waals surface area contributed by atoms with Crippen molar-refractivity contribution in [2.24, 2.45) is 0 Å². The summed E-state index contributed by atoms with van der Waals surface area (Å²) in [5.41, 5.74) is 3.93. The van der Waals surface area contributed by atoms with Crippen LogP contribution in [0.25, 0.3) is 21.6 Å². The van der Waals surface area contributed by atoms with Crippen molar-refractivity contribution in [2.75, 3.05) is 11.4 Å². The minimum atomic E-state index is 0.814. The maximum atomic E-state index is 5.00. The molecular weight excluding hydrogens is 338 g/mol. The first-order valence-electron chi connectivity index (χ1n) is 8.93. The van der Waals surface area contributed by atoms with E-state index in [9.17, 15) is 0 Å². The van der Waals surface area contributed by atoms with Crippen LogP contribution in [0.3, 0.4) is 0 Å². The van der Waals surface area contributed by atoms with Crippen LogP contribution < -0.4 is 4.90 Å². The first kappa shape index (κ1) is 15.5. The van der Waals surface area contributed by atoms with E-state index in [1.165, 1.54) is 21.4 Å². The van der Waals surface area contributed by atoms with Crippen LogP contribution in [0.2, 0.25) is 0 Å². The van der Waals surface area contributed by atoms with Crippen molar-refractivity contribution in [1.29, 1.82) is 0 Å². The molecule has 2 aromatic carbocycles. The van der Waals surface area contributed by atoms with Crippen molar-refractivity contribution in [3.05, 3.63) is 76.7 Å². The van der Waals surface area contributed by atoms with Crippen molar-refractivity contribution < 1.29 is 0 Å². The van der Waals surface area contributed by atoms with Gasteiger partial charge in [-0.25, -0.2) is 9.97 Å². The highest BCUT2D eigenvalue weighted by Crippen LogP contribution is 2.35. The number of aromatic nitrogens is 2. The van der Waals surface area contributed by atoms with Crippen LogP contribution in [0.5, 0.6) is 0 Å². The number of aryl methyl sites for hydroxylation is 1. The first-order chi connectivity index (χ1) is 12.8. The number of nitrogens with zero attached hydrogens (tertiary/aromatic N) is 3. The highest BCUT2D eigenvalue weighted by Gasteiger charge is 2.21. The van der Waals surface area contributed by atoms with E-state index in [0.29, 0.717) is 0 Å². The van der Waals surface area contributed by atoms with E-state index in [1.54, 1.807) is 11.3 Å². The summed E-state index contributed by atoms with van der Waals surface area (Å²) in [7, 11) is 0. The van der Waals surface area contributed by atoms with E-state index in [1.807, 2.05) is 18.2 Å². The van der Waals surface area contributed by atoms with Gasteiger partial charge in [0.05, 0.1) is 5.39 Å². The number of hydrogen-bond acceptors (Lipinski definition) is 4. The van der Waals surface area contributed by atoms with Crippen molar-refractivity contribution in [3.8, 4) is 11.4 Å². The van der Waals surface area contributed by atoms with Crippen molar-refractivity contribution in [3.63, 3.8) is 0 Å². The van der Waals surface area contributed by atoms with E-state index < -0.39 is 0 Å². The average molecular weight is 357 g/mol. The summed E-state index contributed by atoms with van der Waals surface area (Å²) in [6.07, 6.45) is 1.06. The molecule has 3 nitrogen and oxygen atoms in total. The van der Waals surface area contributed by atoms with Crippen molar-refractivity contribution in [2.45, 2.75) is 19.9 Å². The van der Waals surface area contributed by atoms with Crippen molar-refractivity contribution in [1.82, 2.24) is 9.97 Å². The molecule has 4 heteroatoms. The molecule has 128 valence electrons. The standard InChI is InChI=1S/C22H19N3S/c1-15-13-19-21(25-12-11-16-7-5-6-10-18(16)14-25)23-20(24-22(19)26-15)17-8-3-2-4-9-17/h2-10,13H,11-12,14H2,1H3. The zero-order chi connectivity index (χ0) is 17.5. The molecule has 0 radical (unpaired) electrons. The molecule has 0 unspecified atom stereocenters. The first-order valence-corrected chi connectivity index (χ1v) is 9.75. The fourth-order valence-corrected chi connectivity index (χ4v) is 4.53. The van der Waals surface area contributed by atoms with Crippen LogP contribution >= 0.6 is 11.3 Å². The molecule has 1 aliphatic heterocycles. The Balaban J connectivity index is 1.65. The number of hydrogen-bond donors (Lipinski definition) is 0. The van der Waals surface area contributed by atoms with Gasteiger partial charge < -0.3 is 4.90 Å². The molecule has 0 N–H and O–H groups in total. The highest BCUT2D eigenvalue weighted by molar-refractivity contribution is 7.18. The average Bonchev–Trinajstić information content (AvgIpc) is 3.07. The SMILES string of the molecule is Cc1cc2c(N3CCc4ccccc4C3)nc(-c3ccccc3)nc2s1. The van der Waals surface area contributed by atoms with Gasteiger partial charge in [0.25, 0.3) is 0 Å². The molecular formula is C22H19N3S. The molecule has 0 aliphatic carbocycles. The third kappa shape index (κ3) is 2.67. The van der Waals surface area contributed by atoms with Gasteiger partial charge in [0.15, 0.2) is 5.82 Å². The molecule has 0 fully saturated rings. The molecule has 1 aliphatic rings. The lowest BCUT2D eigenvalue weighted by atomic mass is 10.00. The number of fused-ring (bicyclic) bond motifs is 2. The molecule has 26 heavy (non-hydrogen) atoms. The fourth-order valence-electron chi connectivity index (χ4n) is 3.66. The topological polar surface area (TPSA) is 29.0 Å². The van der Waals surface area contributed by atoms with Gasteiger partial charge in [0, 0.05) is 23.5 Å². The van der Waals surface area contributed by atoms with Gasteiger partial charge in [-0.2, -0.15) is 0 Å². The Labute approximate surface area is 157 Å². The van der Waals surface area contributed by atoms with Gasteiger partial charge in [-0.15, -0.1) is 11.3 Å². The van der Waals surface area contributed by atoms with E-state index in [4.69, 9.17) is 9.97 Å². The second-order valence-corrected chi connectivity index (χ2v) is 7.99. The van der Waals surface area contributed by atoms with Gasteiger partial charge in [-0.05, 0) is 30.5 Å².